The Balaban J connectivity index is 1.55. The molecule has 1 amide bonds. The number of amides is 1. The van der Waals surface area contributed by atoms with Crippen LogP contribution in [0.3, 0.4) is 0 Å². The number of anilines is 2. The van der Waals surface area contributed by atoms with Crippen LogP contribution in [0.1, 0.15) is 23.0 Å². The van der Waals surface area contributed by atoms with Gasteiger partial charge in [0.2, 0.25) is 0 Å². The number of methoxy groups -OCH3 is 1. The smallest absolute Gasteiger partial charge is 0.274 e. The fraction of sp³-hybridized carbons (Fsp3) is 0.217. The molecule has 0 saturated carbocycles. The van der Waals surface area contributed by atoms with E-state index >= 15 is 0 Å². The van der Waals surface area contributed by atoms with Crippen LogP contribution in [-0.2, 0) is 6.42 Å². The first kappa shape index (κ1) is 20.2. The molecule has 0 fully saturated rings. The van der Waals surface area contributed by atoms with Crippen molar-refractivity contribution >= 4 is 17.3 Å². The lowest BCUT2D eigenvalue weighted by atomic mass is 10.1. The average Bonchev–Trinajstić information content (AvgIpc) is 2.76. The zero-order valence-corrected chi connectivity index (χ0v) is 16.6. The van der Waals surface area contributed by atoms with Crippen LogP contribution < -0.4 is 20.1 Å². The minimum Gasteiger partial charge on any atom is -0.497 e. The predicted molar refractivity (Wildman–Crippen MR) is 115 cm³/mol. The van der Waals surface area contributed by atoms with Gasteiger partial charge >= 0.3 is 0 Å². The monoisotopic (exact) mass is 391 g/mol. The Morgan fingerprint density at radius 2 is 1.93 bits per heavy atom. The summed E-state index contributed by atoms with van der Waals surface area (Å²) >= 11 is 0. The highest BCUT2D eigenvalue weighted by atomic mass is 16.5. The van der Waals surface area contributed by atoms with Crippen LogP contribution >= 0.6 is 0 Å². The molecule has 29 heavy (non-hydrogen) atoms. The zero-order valence-electron chi connectivity index (χ0n) is 16.6. The minimum atomic E-state index is -0.278. The fourth-order valence-corrected chi connectivity index (χ4v) is 2.85. The van der Waals surface area contributed by atoms with E-state index in [9.17, 15) is 4.79 Å². The van der Waals surface area contributed by atoms with Gasteiger partial charge in [-0.25, -0.2) is 4.98 Å². The summed E-state index contributed by atoms with van der Waals surface area (Å²) in [7, 11) is 1.66. The Morgan fingerprint density at radius 3 is 2.69 bits per heavy atom. The summed E-state index contributed by atoms with van der Waals surface area (Å²) in [5, 5.41) is 6.17. The summed E-state index contributed by atoms with van der Waals surface area (Å²) < 4.78 is 10.8. The Morgan fingerprint density at radius 1 is 1.07 bits per heavy atom. The molecule has 0 bridgehead atoms. The predicted octanol–water partition coefficient (Wildman–Crippen LogP) is 4.40. The Bertz CT molecular complexity index is 942. The molecule has 0 aliphatic carbocycles. The molecule has 0 radical (unpaired) electrons. The summed E-state index contributed by atoms with van der Waals surface area (Å²) in [6.45, 7) is 3.18. The van der Waals surface area contributed by atoms with Gasteiger partial charge in [0, 0.05) is 6.54 Å². The van der Waals surface area contributed by atoms with Crippen LogP contribution in [0.25, 0.3) is 0 Å². The van der Waals surface area contributed by atoms with E-state index in [-0.39, 0.29) is 5.91 Å². The largest absolute Gasteiger partial charge is 0.497 e. The van der Waals surface area contributed by atoms with Gasteiger partial charge in [-0.05, 0) is 55.3 Å². The van der Waals surface area contributed by atoms with Gasteiger partial charge in [0.1, 0.15) is 17.2 Å². The van der Waals surface area contributed by atoms with E-state index in [1.165, 1.54) is 5.56 Å². The third kappa shape index (κ3) is 5.72. The molecule has 0 unspecified atom stereocenters. The first-order valence-corrected chi connectivity index (χ1v) is 9.55. The molecule has 3 rings (SSSR count). The lowest BCUT2D eigenvalue weighted by Crippen LogP contribution is -2.15. The fourth-order valence-electron chi connectivity index (χ4n) is 2.85. The number of rotatable bonds is 9. The molecular formula is C23H25N3O3. The highest BCUT2D eigenvalue weighted by Crippen LogP contribution is 2.24. The van der Waals surface area contributed by atoms with Crippen LogP contribution in [0.4, 0.5) is 11.4 Å². The SMILES string of the molecule is CCOc1ccccc1NC(=O)c1ccc(NCCc2cccc(OC)c2)cn1. The van der Waals surface area contributed by atoms with E-state index in [0.29, 0.717) is 23.7 Å². The van der Waals surface area contributed by atoms with Crippen molar-refractivity contribution in [3.63, 3.8) is 0 Å². The molecule has 6 heteroatoms. The van der Waals surface area contributed by atoms with Crippen molar-refractivity contribution in [2.24, 2.45) is 0 Å². The van der Waals surface area contributed by atoms with E-state index in [1.54, 1.807) is 25.4 Å². The zero-order chi connectivity index (χ0) is 20.5. The molecule has 0 saturated heterocycles. The van der Waals surface area contributed by atoms with Gasteiger partial charge in [0.25, 0.3) is 5.91 Å². The van der Waals surface area contributed by atoms with Gasteiger partial charge in [-0.1, -0.05) is 24.3 Å². The number of aromatic nitrogens is 1. The molecule has 3 aromatic rings. The minimum absolute atomic E-state index is 0.278. The maximum atomic E-state index is 12.5. The van der Waals surface area contributed by atoms with Gasteiger partial charge in [-0.3, -0.25) is 4.79 Å². The molecule has 0 aliphatic rings. The van der Waals surface area contributed by atoms with E-state index in [0.717, 1.165) is 24.4 Å². The molecule has 0 atom stereocenters. The lowest BCUT2D eigenvalue weighted by molar-refractivity contribution is 0.102. The first-order chi connectivity index (χ1) is 14.2. The van der Waals surface area contributed by atoms with Crippen LogP contribution in [-0.4, -0.2) is 31.2 Å². The summed E-state index contributed by atoms with van der Waals surface area (Å²) in [5.74, 6) is 1.21. The summed E-state index contributed by atoms with van der Waals surface area (Å²) in [6.07, 6.45) is 2.52. The maximum Gasteiger partial charge on any atom is 0.274 e. The normalized spacial score (nSPS) is 10.3. The molecule has 2 N–H and O–H groups in total. The van der Waals surface area contributed by atoms with E-state index in [1.807, 2.05) is 49.4 Å². The van der Waals surface area contributed by atoms with Crippen LogP contribution in [0, 0.1) is 0 Å². The number of carbonyl (C=O) groups is 1. The molecule has 150 valence electrons. The van der Waals surface area contributed by atoms with Crippen molar-refractivity contribution in [3.05, 3.63) is 78.1 Å². The van der Waals surface area contributed by atoms with Crippen molar-refractivity contribution in [2.75, 3.05) is 30.9 Å². The van der Waals surface area contributed by atoms with Crippen LogP contribution in [0.5, 0.6) is 11.5 Å². The molecule has 1 heterocycles. The van der Waals surface area contributed by atoms with Crippen molar-refractivity contribution in [1.82, 2.24) is 4.98 Å². The number of nitrogens with one attached hydrogen (secondary N) is 2. The summed E-state index contributed by atoms with van der Waals surface area (Å²) in [5.41, 5.74) is 3.02. The second-order valence-electron chi connectivity index (χ2n) is 6.34. The second kappa shape index (κ2) is 10.1. The van der Waals surface area contributed by atoms with Crippen molar-refractivity contribution < 1.29 is 14.3 Å². The molecular weight excluding hydrogens is 366 g/mol. The van der Waals surface area contributed by atoms with Gasteiger partial charge in [-0.15, -0.1) is 0 Å². The molecule has 2 aromatic carbocycles. The van der Waals surface area contributed by atoms with Crippen LogP contribution in [0.15, 0.2) is 66.9 Å². The number of pyridine rings is 1. The number of para-hydroxylation sites is 2. The van der Waals surface area contributed by atoms with Crippen LogP contribution in [0.2, 0.25) is 0 Å². The van der Waals surface area contributed by atoms with Gasteiger partial charge in [-0.2, -0.15) is 0 Å². The molecule has 0 aliphatic heterocycles. The number of hydrogen-bond donors (Lipinski definition) is 2. The topological polar surface area (TPSA) is 72.5 Å². The van der Waals surface area contributed by atoms with Crippen molar-refractivity contribution in [3.8, 4) is 11.5 Å². The molecule has 6 nitrogen and oxygen atoms in total. The number of benzene rings is 2. The van der Waals surface area contributed by atoms with Gasteiger partial charge < -0.3 is 20.1 Å². The van der Waals surface area contributed by atoms with Crippen molar-refractivity contribution in [2.45, 2.75) is 13.3 Å². The summed E-state index contributed by atoms with van der Waals surface area (Å²) in [6, 6.07) is 18.9. The highest BCUT2D eigenvalue weighted by molar-refractivity contribution is 6.03. The molecule has 1 aromatic heterocycles. The number of carbonyl (C=O) groups excluding carboxylic acids is 1. The van der Waals surface area contributed by atoms with E-state index < -0.39 is 0 Å². The summed E-state index contributed by atoms with van der Waals surface area (Å²) in [4.78, 5) is 16.7. The van der Waals surface area contributed by atoms with E-state index in [4.69, 9.17) is 9.47 Å². The Labute approximate surface area is 170 Å². The second-order valence-corrected chi connectivity index (χ2v) is 6.34. The molecule has 0 spiro atoms. The number of hydrogen-bond acceptors (Lipinski definition) is 5. The standard InChI is InChI=1S/C23H25N3O3/c1-3-29-22-10-5-4-9-20(22)26-23(27)21-12-11-18(16-25-21)24-14-13-17-7-6-8-19(15-17)28-2/h4-12,15-16,24H,3,13-14H2,1-2H3,(H,26,27). The number of ether oxygens (including phenoxy) is 2. The van der Waals surface area contributed by atoms with E-state index in [2.05, 4.69) is 21.7 Å². The Kier molecular flexibility index (Phi) is 7.05. The lowest BCUT2D eigenvalue weighted by Gasteiger charge is -2.11. The Hall–Kier alpha value is -3.54. The third-order valence-electron chi connectivity index (χ3n) is 4.31. The first-order valence-electron chi connectivity index (χ1n) is 9.55. The number of nitrogens with zero attached hydrogens (tertiary/aromatic N) is 1. The average molecular weight is 391 g/mol. The quantitative estimate of drug-likeness (QED) is 0.566. The third-order valence-corrected chi connectivity index (χ3v) is 4.31. The van der Waals surface area contributed by atoms with Gasteiger partial charge in [0.05, 0.1) is 31.3 Å². The van der Waals surface area contributed by atoms with Gasteiger partial charge in [0.15, 0.2) is 0 Å². The van der Waals surface area contributed by atoms with Crippen molar-refractivity contribution in [1.29, 1.82) is 0 Å². The highest BCUT2D eigenvalue weighted by Gasteiger charge is 2.11. The maximum absolute atomic E-state index is 12.5.